The predicted octanol–water partition coefficient (Wildman–Crippen LogP) is 3.98. The molecule has 108 valence electrons. The molecule has 0 unspecified atom stereocenters. The molecule has 0 atom stereocenters. The van der Waals surface area contributed by atoms with E-state index in [1.54, 1.807) is 24.3 Å². The topological polar surface area (TPSA) is 55.4 Å². The number of carbonyl (C=O) groups is 2. The van der Waals surface area contributed by atoms with Crippen LogP contribution < -0.4 is 5.32 Å². The maximum absolute atomic E-state index is 12.3. The quantitative estimate of drug-likeness (QED) is 0.609. The van der Waals surface area contributed by atoms with Crippen molar-refractivity contribution in [1.29, 1.82) is 0 Å². The first-order chi connectivity index (χ1) is 10.0. The van der Waals surface area contributed by atoms with Crippen LogP contribution in [0.2, 0.25) is 5.02 Å². The van der Waals surface area contributed by atoms with E-state index in [0.717, 1.165) is 3.57 Å². The summed E-state index contributed by atoms with van der Waals surface area (Å²) in [5.41, 5.74) is 1.10. The molecular formula is C15H11ClINO3. The van der Waals surface area contributed by atoms with E-state index in [1.165, 1.54) is 13.2 Å². The molecule has 2 rings (SSSR count). The highest BCUT2D eigenvalue weighted by Crippen LogP contribution is 2.23. The van der Waals surface area contributed by atoms with Crippen LogP contribution in [-0.4, -0.2) is 19.0 Å². The molecule has 0 heterocycles. The third kappa shape index (κ3) is 3.74. The smallest absolute Gasteiger partial charge is 0.340 e. The number of ether oxygens (including phenoxy) is 1. The molecule has 1 amide bonds. The molecule has 21 heavy (non-hydrogen) atoms. The van der Waals surface area contributed by atoms with Crippen molar-refractivity contribution in [3.05, 3.63) is 62.2 Å². The lowest BCUT2D eigenvalue weighted by Gasteiger charge is -2.11. The highest BCUT2D eigenvalue weighted by molar-refractivity contribution is 14.1. The van der Waals surface area contributed by atoms with Crippen molar-refractivity contribution in [2.45, 2.75) is 0 Å². The molecule has 0 bridgehead atoms. The Morgan fingerprint density at radius 2 is 1.86 bits per heavy atom. The summed E-state index contributed by atoms with van der Waals surface area (Å²) in [5, 5.41) is 3.10. The van der Waals surface area contributed by atoms with Gasteiger partial charge in [-0.3, -0.25) is 4.79 Å². The maximum atomic E-state index is 12.3. The second-order valence-corrected chi connectivity index (χ2v) is 5.71. The van der Waals surface area contributed by atoms with Crippen molar-refractivity contribution in [3.8, 4) is 0 Å². The van der Waals surface area contributed by atoms with E-state index in [1.807, 2.05) is 12.1 Å². The van der Waals surface area contributed by atoms with Crippen molar-refractivity contribution >= 4 is 51.8 Å². The minimum Gasteiger partial charge on any atom is -0.465 e. The maximum Gasteiger partial charge on any atom is 0.340 e. The van der Waals surface area contributed by atoms with Crippen LogP contribution in [0.25, 0.3) is 0 Å². The Bertz CT molecular complexity index is 703. The van der Waals surface area contributed by atoms with Gasteiger partial charge in [-0.15, -0.1) is 0 Å². The first-order valence-corrected chi connectivity index (χ1v) is 7.42. The molecule has 4 nitrogen and oxygen atoms in total. The van der Waals surface area contributed by atoms with Gasteiger partial charge in [0.1, 0.15) is 0 Å². The Morgan fingerprint density at radius 3 is 2.52 bits per heavy atom. The minimum absolute atomic E-state index is 0.212. The van der Waals surface area contributed by atoms with Crippen LogP contribution in [0.4, 0.5) is 5.69 Å². The number of benzene rings is 2. The first kappa shape index (κ1) is 15.8. The van der Waals surface area contributed by atoms with Gasteiger partial charge in [0.15, 0.2) is 0 Å². The van der Waals surface area contributed by atoms with Crippen LogP contribution in [0.1, 0.15) is 20.7 Å². The monoisotopic (exact) mass is 415 g/mol. The van der Waals surface area contributed by atoms with Crippen LogP contribution in [0.5, 0.6) is 0 Å². The van der Waals surface area contributed by atoms with Crippen LogP contribution >= 0.6 is 34.2 Å². The largest absolute Gasteiger partial charge is 0.465 e. The Balaban J connectivity index is 2.34. The molecule has 0 saturated carbocycles. The van der Waals surface area contributed by atoms with E-state index < -0.39 is 5.97 Å². The van der Waals surface area contributed by atoms with E-state index in [-0.39, 0.29) is 11.5 Å². The van der Waals surface area contributed by atoms with Gasteiger partial charge < -0.3 is 10.1 Å². The number of anilines is 1. The molecule has 0 spiro atoms. The molecule has 0 aromatic heterocycles. The first-order valence-electron chi connectivity index (χ1n) is 5.96. The number of methoxy groups -OCH3 is 1. The summed E-state index contributed by atoms with van der Waals surface area (Å²) < 4.78 is 5.51. The number of esters is 1. The summed E-state index contributed by atoms with van der Waals surface area (Å²) in [4.78, 5) is 24.0. The second-order valence-electron chi connectivity index (χ2n) is 4.12. The fourth-order valence-corrected chi connectivity index (χ4v) is 2.54. The Kier molecular flexibility index (Phi) is 5.19. The minimum atomic E-state index is -0.560. The number of hydrogen-bond donors (Lipinski definition) is 1. The lowest BCUT2D eigenvalue weighted by atomic mass is 10.1. The molecule has 0 saturated heterocycles. The molecule has 0 aliphatic carbocycles. The summed E-state index contributed by atoms with van der Waals surface area (Å²) in [6.45, 7) is 0. The van der Waals surface area contributed by atoms with Crippen molar-refractivity contribution < 1.29 is 14.3 Å². The van der Waals surface area contributed by atoms with Gasteiger partial charge in [-0.1, -0.05) is 23.7 Å². The van der Waals surface area contributed by atoms with Crippen molar-refractivity contribution in [3.63, 3.8) is 0 Å². The van der Waals surface area contributed by atoms with E-state index in [0.29, 0.717) is 16.3 Å². The van der Waals surface area contributed by atoms with E-state index in [2.05, 4.69) is 27.9 Å². The number of halogens is 2. The zero-order valence-electron chi connectivity index (χ0n) is 11.0. The molecule has 2 aromatic rings. The lowest BCUT2D eigenvalue weighted by Crippen LogP contribution is -2.16. The van der Waals surface area contributed by atoms with Crippen LogP contribution in [0, 0.1) is 3.57 Å². The third-order valence-electron chi connectivity index (χ3n) is 2.75. The molecule has 0 aliphatic rings. The number of nitrogens with one attached hydrogen (secondary N) is 1. The van der Waals surface area contributed by atoms with Crippen LogP contribution in [0.15, 0.2) is 42.5 Å². The van der Waals surface area contributed by atoms with E-state index >= 15 is 0 Å². The fourth-order valence-electron chi connectivity index (χ4n) is 1.74. The SMILES string of the molecule is COC(=O)c1cc(Cl)ccc1NC(=O)c1ccccc1I. The van der Waals surface area contributed by atoms with Gasteiger partial charge in [-0.2, -0.15) is 0 Å². The summed E-state index contributed by atoms with van der Waals surface area (Å²) in [5.74, 6) is -0.858. The zero-order valence-corrected chi connectivity index (χ0v) is 13.9. The average molecular weight is 416 g/mol. The van der Waals surface area contributed by atoms with Gasteiger partial charge in [-0.05, 0) is 52.9 Å². The van der Waals surface area contributed by atoms with Gasteiger partial charge in [-0.25, -0.2) is 4.79 Å². The van der Waals surface area contributed by atoms with E-state index in [4.69, 9.17) is 16.3 Å². The number of amides is 1. The van der Waals surface area contributed by atoms with Gasteiger partial charge in [0.05, 0.1) is 23.9 Å². The van der Waals surface area contributed by atoms with Gasteiger partial charge in [0.25, 0.3) is 5.91 Å². The molecule has 0 aliphatic heterocycles. The highest BCUT2D eigenvalue weighted by atomic mass is 127. The molecule has 1 N–H and O–H groups in total. The summed E-state index contributed by atoms with van der Waals surface area (Å²) in [6.07, 6.45) is 0. The Morgan fingerprint density at radius 1 is 1.14 bits per heavy atom. The number of carbonyl (C=O) groups excluding carboxylic acids is 2. The van der Waals surface area contributed by atoms with Gasteiger partial charge in [0, 0.05) is 8.59 Å². The summed E-state index contributed by atoms with van der Waals surface area (Å²) in [6, 6.07) is 11.8. The van der Waals surface area contributed by atoms with Gasteiger partial charge >= 0.3 is 5.97 Å². The Labute approximate surface area is 140 Å². The molecule has 0 fully saturated rings. The van der Waals surface area contributed by atoms with Crippen LogP contribution in [0.3, 0.4) is 0 Å². The van der Waals surface area contributed by atoms with Gasteiger partial charge in [0.2, 0.25) is 0 Å². The second kappa shape index (κ2) is 6.91. The molecule has 6 heteroatoms. The Hall–Kier alpha value is -1.60. The predicted molar refractivity (Wildman–Crippen MR) is 89.9 cm³/mol. The zero-order chi connectivity index (χ0) is 15.4. The number of hydrogen-bond acceptors (Lipinski definition) is 3. The number of rotatable bonds is 3. The normalized spacial score (nSPS) is 10.0. The highest BCUT2D eigenvalue weighted by Gasteiger charge is 2.16. The molecule has 2 aromatic carbocycles. The van der Waals surface area contributed by atoms with E-state index in [9.17, 15) is 9.59 Å². The van der Waals surface area contributed by atoms with Crippen molar-refractivity contribution in [2.75, 3.05) is 12.4 Å². The van der Waals surface area contributed by atoms with Crippen LogP contribution in [-0.2, 0) is 4.74 Å². The lowest BCUT2D eigenvalue weighted by molar-refractivity contribution is 0.0602. The summed E-state index contributed by atoms with van der Waals surface area (Å²) in [7, 11) is 1.27. The van der Waals surface area contributed by atoms with Crippen molar-refractivity contribution in [2.24, 2.45) is 0 Å². The standard InChI is InChI=1S/C15H11ClINO3/c1-21-15(20)11-8-9(16)6-7-13(11)18-14(19)10-4-2-3-5-12(10)17/h2-8H,1H3,(H,18,19). The fraction of sp³-hybridized carbons (Fsp3) is 0.0667. The van der Waals surface area contributed by atoms with Crippen molar-refractivity contribution in [1.82, 2.24) is 0 Å². The summed E-state index contributed by atoms with van der Waals surface area (Å²) >= 11 is 7.95. The third-order valence-corrected chi connectivity index (χ3v) is 3.93. The molecular weight excluding hydrogens is 405 g/mol. The molecule has 0 radical (unpaired) electrons. The average Bonchev–Trinajstić information content (AvgIpc) is 2.48.